The fourth-order valence-corrected chi connectivity index (χ4v) is 2.83. The highest BCUT2D eigenvalue weighted by molar-refractivity contribution is 7.99. The van der Waals surface area contributed by atoms with Crippen molar-refractivity contribution < 1.29 is 9.90 Å². The van der Waals surface area contributed by atoms with Crippen molar-refractivity contribution >= 4 is 28.6 Å². The Balaban J connectivity index is 2.18. The second-order valence-electron chi connectivity index (χ2n) is 4.28. The first-order valence-corrected chi connectivity index (χ1v) is 6.93. The number of benzene rings is 1. The molecule has 0 radical (unpaired) electrons. The van der Waals surface area contributed by atoms with Gasteiger partial charge in [0.05, 0.1) is 10.4 Å². The average molecular weight is 298 g/mol. The van der Waals surface area contributed by atoms with E-state index in [-0.39, 0.29) is 5.69 Å². The van der Waals surface area contributed by atoms with E-state index in [1.54, 1.807) is 18.3 Å². The van der Waals surface area contributed by atoms with Crippen molar-refractivity contribution in [3.63, 3.8) is 0 Å². The van der Waals surface area contributed by atoms with Gasteiger partial charge in [-0.1, -0.05) is 18.2 Å². The van der Waals surface area contributed by atoms with Crippen molar-refractivity contribution in [2.45, 2.75) is 17.0 Å². The Labute approximate surface area is 124 Å². The Morgan fingerprint density at radius 3 is 2.76 bits per heavy atom. The van der Waals surface area contributed by atoms with Gasteiger partial charge in [0.1, 0.15) is 0 Å². The van der Waals surface area contributed by atoms with E-state index < -0.39 is 5.97 Å². The Kier molecular flexibility index (Phi) is 3.49. The summed E-state index contributed by atoms with van der Waals surface area (Å²) < 4.78 is 0. The standard InChI is InChI=1S/C14H10N4O2S/c1-8-6-7-15-14(16-8)21-12-9-4-2-3-5-10(9)17-18-11(12)13(19)20/h2-7H,1H3,(H,19,20). The number of nitrogens with zero attached hydrogens (tertiary/aromatic N) is 4. The van der Waals surface area contributed by atoms with Crippen LogP contribution in [0.2, 0.25) is 0 Å². The number of carboxylic acid groups (broad SMARTS) is 1. The molecule has 104 valence electrons. The van der Waals surface area contributed by atoms with Crippen molar-refractivity contribution in [1.29, 1.82) is 0 Å². The summed E-state index contributed by atoms with van der Waals surface area (Å²) in [6.07, 6.45) is 1.64. The smallest absolute Gasteiger partial charge is 0.357 e. The quantitative estimate of drug-likeness (QED) is 0.743. The highest BCUT2D eigenvalue weighted by atomic mass is 32.2. The zero-order valence-electron chi connectivity index (χ0n) is 11.0. The molecule has 1 aromatic carbocycles. The minimum Gasteiger partial charge on any atom is -0.476 e. The van der Waals surface area contributed by atoms with Crippen LogP contribution in [0.4, 0.5) is 0 Å². The summed E-state index contributed by atoms with van der Waals surface area (Å²) in [7, 11) is 0. The molecule has 6 nitrogen and oxygen atoms in total. The lowest BCUT2D eigenvalue weighted by Gasteiger charge is -2.07. The SMILES string of the molecule is Cc1ccnc(Sc2c(C(=O)O)nnc3ccccc23)n1. The first kappa shape index (κ1) is 13.4. The molecule has 0 aliphatic heterocycles. The zero-order chi connectivity index (χ0) is 14.8. The van der Waals surface area contributed by atoms with E-state index >= 15 is 0 Å². The van der Waals surface area contributed by atoms with Gasteiger partial charge in [-0.15, -0.1) is 10.2 Å². The summed E-state index contributed by atoms with van der Waals surface area (Å²) in [5.74, 6) is -1.12. The number of aromatic nitrogens is 4. The van der Waals surface area contributed by atoms with Crippen LogP contribution in [0.15, 0.2) is 46.6 Å². The number of aromatic carboxylic acids is 1. The van der Waals surface area contributed by atoms with Gasteiger partial charge in [-0.2, -0.15) is 0 Å². The normalized spacial score (nSPS) is 10.7. The third-order valence-electron chi connectivity index (χ3n) is 2.79. The molecule has 0 spiro atoms. The molecule has 2 aromatic heterocycles. The number of hydrogen-bond acceptors (Lipinski definition) is 6. The Morgan fingerprint density at radius 2 is 2.00 bits per heavy atom. The molecular formula is C14H10N4O2S. The summed E-state index contributed by atoms with van der Waals surface area (Å²) in [4.78, 5) is 20.3. The van der Waals surface area contributed by atoms with Crippen LogP contribution in [0.5, 0.6) is 0 Å². The van der Waals surface area contributed by atoms with Crippen LogP contribution < -0.4 is 0 Å². The minimum absolute atomic E-state index is 0.0937. The summed E-state index contributed by atoms with van der Waals surface area (Å²) >= 11 is 1.18. The van der Waals surface area contributed by atoms with Crippen molar-refractivity contribution in [2.24, 2.45) is 0 Å². The van der Waals surface area contributed by atoms with Crippen LogP contribution in [0.1, 0.15) is 16.2 Å². The molecule has 0 unspecified atom stereocenters. The van der Waals surface area contributed by atoms with Gasteiger partial charge < -0.3 is 5.11 Å². The van der Waals surface area contributed by atoms with Crippen molar-refractivity contribution in [3.8, 4) is 0 Å². The molecule has 0 atom stereocenters. The van der Waals surface area contributed by atoms with Gasteiger partial charge in [0.2, 0.25) is 0 Å². The number of carboxylic acids is 1. The molecule has 0 aliphatic rings. The van der Waals surface area contributed by atoms with Crippen molar-refractivity contribution in [1.82, 2.24) is 20.2 Å². The number of fused-ring (bicyclic) bond motifs is 1. The maximum atomic E-state index is 11.4. The summed E-state index contributed by atoms with van der Waals surface area (Å²) in [5, 5.41) is 18.2. The van der Waals surface area contributed by atoms with Gasteiger partial charge in [-0.05, 0) is 30.8 Å². The van der Waals surface area contributed by atoms with Gasteiger partial charge in [0.15, 0.2) is 10.9 Å². The maximum absolute atomic E-state index is 11.4. The lowest BCUT2D eigenvalue weighted by atomic mass is 10.2. The van der Waals surface area contributed by atoms with E-state index in [0.29, 0.717) is 15.6 Å². The largest absolute Gasteiger partial charge is 0.476 e. The monoisotopic (exact) mass is 298 g/mol. The maximum Gasteiger partial charge on any atom is 0.357 e. The molecule has 3 aromatic rings. The van der Waals surface area contributed by atoms with Crippen molar-refractivity contribution in [3.05, 3.63) is 47.9 Å². The Hall–Kier alpha value is -2.54. The molecule has 21 heavy (non-hydrogen) atoms. The summed E-state index contributed by atoms with van der Waals surface area (Å²) in [6.45, 7) is 1.85. The predicted octanol–water partition coefficient (Wildman–Crippen LogP) is 2.58. The second kappa shape index (κ2) is 5.45. The van der Waals surface area contributed by atoms with E-state index in [1.165, 1.54) is 11.8 Å². The second-order valence-corrected chi connectivity index (χ2v) is 5.26. The predicted molar refractivity (Wildman–Crippen MR) is 77.4 cm³/mol. The number of rotatable bonds is 3. The van der Waals surface area contributed by atoms with Gasteiger partial charge in [0.25, 0.3) is 0 Å². The zero-order valence-corrected chi connectivity index (χ0v) is 11.8. The van der Waals surface area contributed by atoms with E-state index in [0.717, 1.165) is 11.1 Å². The van der Waals surface area contributed by atoms with E-state index in [1.807, 2.05) is 25.1 Å². The number of carbonyl (C=O) groups is 1. The molecule has 0 fully saturated rings. The summed E-state index contributed by atoms with van der Waals surface area (Å²) in [6, 6.07) is 9.04. The van der Waals surface area contributed by atoms with Crippen LogP contribution >= 0.6 is 11.8 Å². The molecule has 3 rings (SSSR count). The molecule has 2 heterocycles. The van der Waals surface area contributed by atoms with Gasteiger partial charge in [-0.25, -0.2) is 14.8 Å². The fraction of sp³-hybridized carbons (Fsp3) is 0.0714. The molecule has 0 bridgehead atoms. The lowest BCUT2D eigenvalue weighted by molar-refractivity contribution is 0.0685. The number of aryl methyl sites for hydroxylation is 1. The third-order valence-corrected chi connectivity index (χ3v) is 3.79. The van der Waals surface area contributed by atoms with E-state index in [2.05, 4.69) is 20.2 Å². The Morgan fingerprint density at radius 1 is 1.19 bits per heavy atom. The average Bonchev–Trinajstić information content (AvgIpc) is 2.47. The first-order valence-electron chi connectivity index (χ1n) is 6.11. The van der Waals surface area contributed by atoms with Crippen LogP contribution in [0.3, 0.4) is 0 Å². The molecular weight excluding hydrogens is 288 g/mol. The Bertz CT molecular complexity index is 838. The van der Waals surface area contributed by atoms with Crippen LogP contribution in [0.25, 0.3) is 10.9 Å². The van der Waals surface area contributed by atoms with Crippen LogP contribution in [-0.2, 0) is 0 Å². The fourth-order valence-electron chi connectivity index (χ4n) is 1.84. The molecule has 1 N–H and O–H groups in total. The topological polar surface area (TPSA) is 88.9 Å². The third kappa shape index (κ3) is 2.68. The van der Waals surface area contributed by atoms with E-state index in [4.69, 9.17) is 0 Å². The van der Waals surface area contributed by atoms with Crippen LogP contribution in [-0.4, -0.2) is 31.2 Å². The van der Waals surface area contributed by atoms with E-state index in [9.17, 15) is 9.90 Å². The molecule has 0 saturated heterocycles. The highest BCUT2D eigenvalue weighted by Gasteiger charge is 2.18. The minimum atomic E-state index is -1.12. The lowest BCUT2D eigenvalue weighted by Crippen LogP contribution is -2.05. The van der Waals surface area contributed by atoms with Crippen LogP contribution in [0, 0.1) is 6.92 Å². The van der Waals surface area contributed by atoms with Gasteiger partial charge in [-0.3, -0.25) is 0 Å². The highest BCUT2D eigenvalue weighted by Crippen LogP contribution is 2.32. The van der Waals surface area contributed by atoms with Gasteiger partial charge >= 0.3 is 5.97 Å². The number of hydrogen-bond donors (Lipinski definition) is 1. The van der Waals surface area contributed by atoms with Crippen molar-refractivity contribution in [2.75, 3.05) is 0 Å². The molecule has 0 aliphatic carbocycles. The van der Waals surface area contributed by atoms with Gasteiger partial charge in [0, 0.05) is 17.3 Å². The molecule has 0 amide bonds. The summed E-state index contributed by atoms with van der Waals surface area (Å²) in [5.41, 5.74) is 1.36. The molecule has 7 heteroatoms. The first-order chi connectivity index (χ1) is 10.1. The molecule has 0 saturated carbocycles.